The van der Waals surface area contributed by atoms with Crippen LogP contribution in [0.5, 0.6) is 0 Å². The summed E-state index contributed by atoms with van der Waals surface area (Å²) in [6, 6.07) is 0. The Kier molecular flexibility index (Phi) is 6.53. The molecule has 0 heterocycles. The summed E-state index contributed by atoms with van der Waals surface area (Å²) in [5, 5.41) is 0. The molecule has 1 saturated carbocycles. The third-order valence-corrected chi connectivity index (χ3v) is 14.5. The zero-order chi connectivity index (χ0) is 10.4. The average Bonchev–Trinajstić information content (AvgIpc) is 2.19. The minimum absolute atomic E-state index is 0.540. The van der Waals surface area contributed by atoms with Crippen molar-refractivity contribution < 1.29 is 3.07 Å². The molecule has 0 spiro atoms. The van der Waals surface area contributed by atoms with Crippen LogP contribution in [0, 0.1) is 0 Å². The molecule has 1 aliphatic rings. The number of hydrogen-bond donors (Lipinski definition) is 0. The number of unbranched alkanes of at least 4 members (excludes halogenated alkanes) is 1. The molecule has 0 bridgehead atoms. The molecule has 0 aromatic carbocycles. The molecular formula is C10H20Cl2OSn. The molecule has 84 valence electrons. The van der Waals surface area contributed by atoms with Gasteiger partial charge in [0.25, 0.3) is 0 Å². The monoisotopic (exact) mass is 346 g/mol. The molecule has 1 aliphatic carbocycles. The fraction of sp³-hybridized carbons (Fsp3) is 1.00. The van der Waals surface area contributed by atoms with E-state index in [-0.39, 0.29) is 0 Å². The molecule has 0 atom stereocenters. The average molecular weight is 346 g/mol. The van der Waals surface area contributed by atoms with Crippen LogP contribution in [-0.2, 0) is 3.07 Å². The topological polar surface area (TPSA) is 9.23 Å². The van der Waals surface area contributed by atoms with Gasteiger partial charge < -0.3 is 0 Å². The van der Waals surface area contributed by atoms with Crippen molar-refractivity contribution >= 4 is 34.4 Å². The van der Waals surface area contributed by atoms with E-state index in [4.69, 9.17) is 20.9 Å². The molecule has 1 fully saturated rings. The first-order chi connectivity index (χ1) is 6.67. The summed E-state index contributed by atoms with van der Waals surface area (Å²) in [5.74, 6) is 0. The molecule has 0 radical (unpaired) electrons. The third-order valence-electron chi connectivity index (χ3n) is 2.87. The van der Waals surface area contributed by atoms with Crippen LogP contribution in [0.2, 0.25) is 3.93 Å². The van der Waals surface area contributed by atoms with Crippen LogP contribution < -0.4 is 0 Å². The van der Waals surface area contributed by atoms with Crippen LogP contribution in [0.25, 0.3) is 0 Å². The predicted molar refractivity (Wildman–Crippen MR) is 65.2 cm³/mol. The molecule has 1 rings (SSSR count). The van der Waals surface area contributed by atoms with Crippen LogP contribution in [-0.4, -0.2) is 23.1 Å². The van der Waals surface area contributed by atoms with Crippen molar-refractivity contribution in [3.63, 3.8) is 0 Å². The van der Waals surface area contributed by atoms with Gasteiger partial charge in [-0.1, -0.05) is 0 Å². The van der Waals surface area contributed by atoms with E-state index in [0.29, 0.717) is 3.93 Å². The molecule has 0 amide bonds. The summed E-state index contributed by atoms with van der Waals surface area (Å²) < 4.78 is 6.29. The van der Waals surface area contributed by atoms with Gasteiger partial charge in [0, 0.05) is 0 Å². The van der Waals surface area contributed by atoms with Crippen molar-refractivity contribution in [2.75, 3.05) is 6.61 Å². The van der Waals surface area contributed by atoms with Gasteiger partial charge in [0.1, 0.15) is 0 Å². The van der Waals surface area contributed by atoms with Crippen LogP contribution >= 0.6 is 17.8 Å². The normalized spacial score (nSPS) is 19.9. The summed E-state index contributed by atoms with van der Waals surface area (Å²) in [6.07, 6.45) is 8.58. The molecule has 14 heavy (non-hydrogen) atoms. The summed E-state index contributed by atoms with van der Waals surface area (Å²) in [7, 11) is 12.8. The van der Waals surface area contributed by atoms with Crippen molar-refractivity contribution in [2.24, 2.45) is 0 Å². The Bertz CT molecular complexity index is 158. The van der Waals surface area contributed by atoms with Crippen molar-refractivity contribution in [1.82, 2.24) is 0 Å². The summed E-state index contributed by atoms with van der Waals surface area (Å²) >= 11 is -3.14. The summed E-state index contributed by atoms with van der Waals surface area (Å²) in [4.78, 5) is 0. The van der Waals surface area contributed by atoms with E-state index in [1.807, 2.05) is 0 Å². The fourth-order valence-electron chi connectivity index (χ4n) is 1.91. The SMILES string of the molecule is CCCC[O][Sn]([Cl])([Cl])[CH]1CCCCC1. The van der Waals surface area contributed by atoms with Crippen molar-refractivity contribution in [3.05, 3.63) is 0 Å². The van der Waals surface area contributed by atoms with Gasteiger partial charge in [-0.2, -0.15) is 0 Å². The van der Waals surface area contributed by atoms with E-state index < -0.39 is 16.5 Å². The first-order valence-electron chi connectivity index (χ1n) is 5.68. The molecule has 4 heteroatoms. The van der Waals surface area contributed by atoms with Gasteiger partial charge in [-0.15, -0.1) is 0 Å². The van der Waals surface area contributed by atoms with Crippen molar-refractivity contribution in [1.29, 1.82) is 0 Å². The van der Waals surface area contributed by atoms with E-state index in [1.54, 1.807) is 0 Å². The Balaban J connectivity index is 2.29. The second-order valence-electron chi connectivity index (χ2n) is 4.10. The minimum atomic E-state index is -3.14. The summed E-state index contributed by atoms with van der Waals surface area (Å²) in [5.41, 5.74) is 0. The van der Waals surface area contributed by atoms with Crippen LogP contribution in [0.3, 0.4) is 0 Å². The standard InChI is InChI=1S/C6H11.C4H9O.2ClH.Sn/c1-2-4-6-5-3-1;1-2-3-4-5;;;/h1H,2-6H2;2-4H2,1H3;2*1H;/q;-1;;;+3/p-2. The van der Waals surface area contributed by atoms with Gasteiger partial charge in [-0.05, 0) is 0 Å². The Labute approximate surface area is 99.3 Å². The quantitative estimate of drug-likeness (QED) is 0.524. The summed E-state index contributed by atoms with van der Waals surface area (Å²) in [6.45, 7) is 2.93. The Morgan fingerprint density at radius 2 is 1.86 bits per heavy atom. The van der Waals surface area contributed by atoms with Gasteiger partial charge in [-0.25, -0.2) is 0 Å². The predicted octanol–water partition coefficient (Wildman–Crippen LogP) is 4.55. The second-order valence-corrected chi connectivity index (χ2v) is 19.3. The van der Waals surface area contributed by atoms with Crippen LogP contribution in [0.4, 0.5) is 0 Å². The van der Waals surface area contributed by atoms with E-state index in [1.165, 1.54) is 32.1 Å². The first-order valence-corrected chi connectivity index (χ1v) is 15.7. The van der Waals surface area contributed by atoms with Gasteiger partial charge >= 0.3 is 99.9 Å². The van der Waals surface area contributed by atoms with Gasteiger partial charge in [0.2, 0.25) is 0 Å². The molecule has 0 N–H and O–H groups in total. The molecule has 0 unspecified atom stereocenters. The molecule has 0 aromatic heterocycles. The number of hydrogen-bond acceptors (Lipinski definition) is 1. The van der Waals surface area contributed by atoms with E-state index in [2.05, 4.69) is 6.92 Å². The zero-order valence-electron chi connectivity index (χ0n) is 8.90. The molecule has 0 aliphatic heterocycles. The Morgan fingerprint density at radius 3 is 2.43 bits per heavy atom. The maximum atomic E-state index is 6.40. The fourth-order valence-corrected chi connectivity index (χ4v) is 10.8. The van der Waals surface area contributed by atoms with Crippen molar-refractivity contribution in [3.8, 4) is 0 Å². The van der Waals surface area contributed by atoms with E-state index in [9.17, 15) is 0 Å². The Morgan fingerprint density at radius 1 is 1.21 bits per heavy atom. The van der Waals surface area contributed by atoms with Gasteiger partial charge in [-0.3, -0.25) is 0 Å². The third kappa shape index (κ3) is 4.46. The van der Waals surface area contributed by atoms with Gasteiger partial charge in [0.15, 0.2) is 0 Å². The van der Waals surface area contributed by atoms with E-state index >= 15 is 0 Å². The van der Waals surface area contributed by atoms with Crippen LogP contribution in [0.1, 0.15) is 51.9 Å². The molecule has 0 saturated heterocycles. The number of halogens is 2. The second kappa shape index (κ2) is 6.82. The van der Waals surface area contributed by atoms with Gasteiger partial charge in [0.05, 0.1) is 0 Å². The van der Waals surface area contributed by atoms with Crippen LogP contribution in [0.15, 0.2) is 0 Å². The molecular weight excluding hydrogens is 326 g/mol. The van der Waals surface area contributed by atoms with Crippen molar-refractivity contribution in [2.45, 2.75) is 55.8 Å². The maximum absolute atomic E-state index is 6.40. The number of rotatable bonds is 5. The molecule has 1 nitrogen and oxygen atoms in total. The first kappa shape index (κ1) is 13.4. The zero-order valence-corrected chi connectivity index (χ0v) is 13.3. The van der Waals surface area contributed by atoms with E-state index in [0.717, 1.165) is 19.4 Å². The molecule has 0 aromatic rings. The Hall–Kier alpha value is 1.34.